The van der Waals surface area contributed by atoms with Gasteiger partial charge in [-0.2, -0.15) is 0 Å². The van der Waals surface area contributed by atoms with Crippen molar-refractivity contribution in [3.63, 3.8) is 0 Å². The number of carboxylic acid groups (broad SMARTS) is 1. The van der Waals surface area contributed by atoms with Crippen molar-refractivity contribution in [2.24, 2.45) is 23.7 Å². The minimum absolute atomic E-state index is 0.0772. The van der Waals surface area contributed by atoms with Crippen LogP contribution in [-0.2, 0) is 23.8 Å². The minimum atomic E-state index is -3.00. The molecule has 0 aromatic heterocycles. The van der Waals surface area contributed by atoms with Crippen LogP contribution in [-0.4, -0.2) is 61.7 Å². The highest BCUT2D eigenvalue weighted by molar-refractivity contribution is 5.81. The lowest BCUT2D eigenvalue weighted by molar-refractivity contribution is -0.179. The number of carbonyl (C=O) groups excluding carboxylic acids is 1. The SMILES string of the molecule is [2H]OC(=O)C(C)C(C(=O)OC([2H])([2H])[2H])C(OC)C1OCCCC1C(CC)CO. The first-order valence-corrected chi connectivity index (χ1v) is 8.26. The molecule has 1 rings (SSSR count). The zero-order valence-corrected chi connectivity index (χ0v) is 14.4. The van der Waals surface area contributed by atoms with Gasteiger partial charge in [-0.1, -0.05) is 20.3 Å². The van der Waals surface area contributed by atoms with Crippen LogP contribution in [0.4, 0.5) is 0 Å². The maximum absolute atomic E-state index is 12.6. The van der Waals surface area contributed by atoms with Crippen molar-refractivity contribution in [1.29, 1.82) is 1.43 Å². The highest BCUT2D eigenvalue weighted by atomic mass is 16.5. The largest absolute Gasteiger partial charge is 0.481 e. The number of hydrogen-bond acceptors (Lipinski definition) is 7. The molecule has 7 heteroatoms. The van der Waals surface area contributed by atoms with E-state index in [1.165, 1.54) is 14.0 Å². The van der Waals surface area contributed by atoms with Crippen LogP contribution in [0.1, 0.15) is 37.2 Å². The van der Waals surface area contributed by atoms with E-state index in [0.717, 1.165) is 12.8 Å². The molecule has 1 saturated heterocycles. The fraction of sp³-hybridized carbons (Fsp3) is 0.882. The molecule has 0 aromatic carbocycles. The van der Waals surface area contributed by atoms with Crippen LogP contribution in [0.5, 0.6) is 0 Å². The predicted octanol–water partition coefficient (Wildman–Crippen LogP) is 1.32. The van der Waals surface area contributed by atoms with Gasteiger partial charge < -0.3 is 24.4 Å². The maximum atomic E-state index is 12.6. The zero-order chi connectivity index (χ0) is 21.5. The molecule has 0 bridgehead atoms. The van der Waals surface area contributed by atoms with Crippen LogP contribution in [0.25, 0.3) is 1.43 Å². The number of aliphatic carboxylic acids is 1. The highest BCUT2D eigenvalue weighted by Gasteiger charge is 2.46. The van der Waals surface area contributed by atoms with Crippen LogP contribution in [0.2, 0.25) is 0 Å². The van der Waals surface area contributed by atoms with Crippen molar-refractivity contribution in [2.45, 2.75) is 45.3 Å². The average Bonchev–Trinajstić information content (AvgIpc) is 2.64. The Hall–Kier alpha value is -1.18. The van der Waals surface area contributed by atoms with Gasteiger partial charge in [0.05, 0.1) is 35.2 Å². The van der Waals surface area contributed by atoms with Crippen LogP contribution < -0.4 is 0 Å². The lowest BCUT2D eigenvalue weighted by atomic mass is 9.75. The second-order valence-electron chi connectivity index (χ2n) is 6.25. The Balaban J connectivity index is 3.28. The summed E-state index contributed by atoms with van der Waals surface area (Å²) in [6.07, 6.45) is 0.484. The van der Waals surface area contributed by atoms with Crippen LogP contribution in [0.15, 0.2) is 0 Å². The molecule has 1 aliphatic rings. The third-order valence-corrected chi connectivity index (χ3v) is 5.01. The van der Waals surface area contributed by atoms with Gasteiger partial charge in [0.2, 0.25) is 0 Å². The monoisotopic (exact) mass is 350 g/mol. The molecule has 1 fully saturated rings. The normalized spacial score (nSPS) is 29.0. The number of methoxy groups -OCH3 is 2. The van der Waals surface area contributed by atoms with Crippen molar-refractivity contribution < 1.29 is 38.1 Å². The summed E-state index contributed by atoms with van der Waals surface area (Å²) in [6, 6.07) is 0. The summed E-state index contributed by atoms with van der Waals surface area (Å²) in [4.78, 5) is 24.6. The molecular weight excluding hydrogens is 316 g/mol. The fourth-order valence-electron chi connectivity index (χ4n) is 3.56. The topological polar surface area (TPSA) is 102 Å². The Morgan fingerprint density at radius 3 is 2.79 bits per heavy atom. The first-order valence-electron chi connectivity index (χ1n) is 10.2. The van der Waals surface area contributed by atoms with E-state index in [-0.39, 0.29) is 18.4 Å². The van der Waals surface area contributed by atoms with Crippen molar-refractivity contribution in [3.8, 4) is 0 Å². The Kier molecular flexibility index (Phi) is 6.27. The molecule has 0 amide bonds. The number of ether oxygens (including phenoxy) is 3. The van der Waals surface area contributed by atoms with Crippen molar-refractivity contribution in [3.05, 3.63) is 0 Å². The third-order valence-electron chi connectivity index (χ3n) is 5.01. The Labute approximate surface area is 149 Å². The molecule has 0 aromatic rings. The van der Waals surface area contributed by atoms with E-state index in [2.05, 4.69) is 9.85 Å². The van der Waals surface area contributed by atoms with Crippen LogP contribution >= 0.6 is 0 Å². The third kappa shape index (κ3) is 4.68. The second kappa shape index (κ2) is 9.96. The lowest BCUT2D eigenvalue weighted by Crippen LogP contribution is -2.52. The molecular formula is C17H30O7. The summed E-state index contributed by atoms with van der Waals surface area (Å²) in [7, 11) is -1.67. The number of esters is 1. The fourth-order valence-corrected chi connectivity index (χ4v) is 3.56. The first-order chi connectivity index (χ1) is 13.1. The van der Waals surface area contributed by atoms with E-state index in [1.54, 1.807) is 0 Å². The molecule has 0 radical (unpaired) electrons. The number of hydrogen-bond donors (Lipinski definition) is 2. The van der Waals surface area contributed by atoms with E-state index in [1.807, 2.05) is 6.92 Å². The molecule has 6 atom stereocenters. The van der Waals surface area contributed by atoms with Crippen molar-refractivity contribution in [2.75, 3.05) is 27.4 Å². The molecule has 6 unspecified atom stereocenters. The Morgan fingerprint density at radius 1 is 1.50 bits per heavy atom. The van der Waals surface area contributed by atoms with Crippen molar-refractivity contribution >= 4 is 11.9 Å². The van der Waals surface area contributed by atoms with Gasteiger partial charge in [-0.25, -0.2) is 0 Å². The smallest absolute Gasteiger partial charge is 0.312 e. The predicted molar refractivity (Wildman–Crippen MR) is 86.4 cm³/mol. The number of aliphatic hydroxyl groups is 1. The molecule has 1 aliphatic heterocycles. The highest BCUT2D eigenvalue weighted by Crippen LogP contribution is 2.36. The van der Waals surface area contributed by atoms with Crippen LogP contribution in [0, 0.1) is 23.7 Å². The number of carbonyl (C=O) groups is 2. The van der Waals surface area contributed by atoms with Gasteiger partial charge >= 0.3 is 11.9 Å². The maximum Gasteiger partial charge on any atom is 0.312 e. The van der Waals surface area contributed by atoms with Gasteiger partial charge in [-0.3, -0.25) is 9.59 Å². The summed E-state index contributed by atoms with van der Waals surface area (Å²) in [6.45, 7) is 3.59. The summed E-state index contributed by atoms with van der Waals surface area (Å²) in [5.74, 6) is -5.00. The van der Waals surface area contributed by atoms with E-state index in [4.69, 9.17) is 15.0 Å². The number of rotatable bonds is 9. The van der Waals surface area contributed by atoms with Crippen molar-refractivity contribution in [1.82, 2.24) is 0 Å². The van der Waals surface area contributed by atoms with E-state index in [0.29, 0.717) is 13.0 Å². The molecule has 2 N–H and O–H groups in total. The van der Waals surface area contributed by atoms with Gasteiger partial charge in [0, 0.05) is 20.3 Å². The van der Waals surface area contributed by atoms with Crippen LogP contribution in [0.3, 0.4) is 0 Å². The first kappa shape index (κ1) is 15.1. The zero-order valence-electron chi connectivity index (χ0n) is 18.4. The summed E-state index contributed by atoms with van der Waals surface area (Å²) in [5.41, 5.74) is 0. The van der Waals surface area contributed by atoms with Gasteiger partial charge in [0.1, 0.15) is 0 Å². The van der Waals surface area contributed by atoms with Gasteiger partial charge in [0.15, 0.2) is 0 Å². The van der Waals surface area contributed by atoms with E-state index in [9.17, 15) is 14.7 Å². The minimum Gasteiger partial charge on any atom is -0.481 e. The summed E-state index contributed by atoms with van der Waals surface area (Å²) in [5, 5.41) is 13.7. The van der Waals surface area contributed by atoms with Gasteiger partial charge in [0.25, 0.3) is 1.43 Å². The summed E-state index contributed by atoms with van der Waals surface area (Å²) >= 11 is 0. The number of carboxylic acids is 1. The molecule has 1 heterocycles. The standard InChI is InChI=1S/C17H30O7/c1-5-11(9-18)12-7-6-8-24-14(12)15(22-3)13(17(21)23-4)10(2)16(19)20/h10-15,18H,5-9H2,1-4H3,(H,19,20)/i4D3/hD. The lowest BCUT2D eigenvalue weighted by Gasteiger charge is -2.42. The second-order valence-corrected chi connectivity index (χ2v) is 6.25. The molecule has 0 spiro atoms. The van der Waals surface area contributed by atoms with E-state index >= 15 is 0 Å². The molecule has 7 nitrogen and oxygen atoms in total. The molecule has 0 aliphatic carbocycles. The average molecular weight is 350 g/mol. The van der Waals surface area contributed by atoms with Gasteiger partial charge in [-0.05, 0) is 24.7 Å². The molecule has 140 valence electrons. The quantitative estimate of drug-likeness (QED) is 0.605. The van der Waals surface area contributed by atoms with E-state index < -0.39 is 43.0 Å². The summed E-state index contributed by atoms with van der Waals surface area (Å²) < 4.78 is 44.3. The molecule has 24 heavy (non-hydrogen) atoms. The Morgan fingerprint density at radius 2 is 2.25 bits per heavy atom. The Bertz CT molecular complexity index is 510. The number of aliphatic hydroxyl groups excluding tert-OH is 1. The van der Waals surface area contributed by atoms with Gasteiger partial charge in [-0.15, -0.1) is 0 Å². The molecule has 0 saturated carbocycles.